The van der Waals surface area contributed by atoms with Gasteiger partial charge in [0, 0.05) is 17.4 Å². The topological polar surface area (TPSA) is 108 Å². The number of rotatable bonds is 4. The van der Waals surface area contributed by atoms with Gasteiger partial charge < -0.3 is 30.1 Å². The molecular weight excluding hydrogens is 324 g/mol. The average molecular weight is 342 g/mol. The van der Waals surface area contributed by atoms with Crippen molar-refractivity contribution in [3.05, 3.63) is 46.4 Å². The Hall–Kier alpha value is -3.42. The predicted octanol–water partition coefficient (Wildman–Crippen LogP) is 2.83. The Morgan fingerprint density at radius 3 is 2.40 bits per heavy atom. The van der Waals surface area contributed by atoms with Gasteiger partial charge in [-0.15, -0.1) is 0 Å². The summed E-state index contributed by atoms with van der Waals surface area (Å²) >= 11 is 0. The zero-order valence-electron chi connectivity index (χ0n) is 14.0. The first-order valence-electron chi connectivity index (χ1n) is 7.53. The van der Waals surface area contributed by atoms with E-state index in [1.807, 2.05) is 6.92 Å². The van der Waals surface area contributed by atoms with Crippen LogP contribution in [0.1, 0.15) is 5.56 Å². The highest BCUT2D eigenvalue weighted by atomic mass is 16.5. The van der Waals surface area contributed by atoms with E-state index in [1.165, 1.54) is 7.11 Å². The molecule has 130 valence electrons. The van der Waals surface area contributed by atoms with Gasteiger partial charge in [-0.25, -0.2) is 9.59 Å². The van der Waals surface area contributed by atoms with Crippen molar-refractivity contribution >= 4 is 28.4 Å². The standard InChI is InChI=1S/C17H18N4O4/c1-9-6-11(8-14(24-2)15(9)25-3)19-16(22)18-10-4-5-12-13(7-10)21-17(23)20-12/h4-8H,1-3H3,(H2,18,19,22)(H2,20,21,23). The van der Waals surface area contributed by atoms with E-state index in [0.29, 0.717) is 33.9 Å². The molecule has 0 atom stereocenters. The number of urea groups is 1. The molecule has 3 rings (SSSR count). The van der Waals surface area contributed by atoms with Crippen LogP contribution in [-0.4, -0.2) is 30.2 Å². The number of carbonyl (C=O) groups is 1. The molecule has 0 spiro atoms. The highest BCUT2D eigenvalue weighted by Crippen LogP contribution is 2.34. The summed E-state index contributed by atoms with van der Waals surface area (Å²) in [4.78, 5) is 28.8. The largest absolute Gasteiger partial charge is 0.493 e. The lowest BCUT2D eigenvalue weighted by Gasteiger charge is -2.14. The number of ether oxygens (including phenoxy) is 2. The fraction of sp³-hybridized carbons (Fsp3) is 0.176. The summed E-state index contributed by atoms with van der Waals surface area (Å²) in [6.45, 7) is 1.86. The Labute approximate surface area is 143 Å². The molecular formula is C17H18N4O4. The van der Waals surface area contributed by atoms with Gasteiger partial charge in [0.25, 0.3) is 0 Å². The Kier molecular flexibility index (Phi) is 4.34. The van der Waals surface area contributed by atoms with E-state index in [1.54, 1.807) is 37.4 Å². The molecule has 8 heteroatoms. The Morgan fingerprint density at radius 2 is 1.68 bits per heavy atom. The Balaban J connectivity index is 1.77. The van der Waals surface area contributed by atoms with Gasteiger partial charge in [0.2, 0.25) is 0 Å². The van der Waals surface area contributed by atoms with Crippen molar-refractivity contribution in [2.45, 2.75) is 6.92 Å². The first-order chi connectivity index (χ1) is 12.0. The van der Waals surface area contributed by atoms with Crippen molar-refractivity contribution in [2.24, 2.45) is 0 Å². The molecule has 0 radical (unpaired) electrons. The molecule has 0 saturated heterocycles. The van der Waals surface area contributed by atoms with Crippen molar-refractivity contribution in [3.63, 3.8) is 0 Å². The predicted molar refractivity (Wildman–Crippen MR) is 95.8 cm³/mol. The quantitative estimate of drug-likeness (QED) is 0.584. The summed E-state index contributed by atoms with van der Waals surface area (Å²) in [5.41, 5.74) is 2.96. The number of aryl methyl sites for hydroxylation is 1. The lowest BCUT2D eigenvalue weighted by molar-refractivity contribution is 0.262. The molecule has 1 heterocycles. The number of fused-ring (bicyclic) bond motifs is 1. The van der Waals surface area contributed by atoms with E-state index in [4.69, 9.17) is 9.47 Å². The zero-order chi connectivity index (χ0) is 18.0. The lowest BCUT2D eigenvalue weighted by Crippen LogP contribution is -2.19. The van der Waals surface area contributed by atoms with Gasteiger partial charge in [0.15, 0.2) is 11.5 Å². The molecule has 2 amide bonds. The molecule has 1 aromatic heterocycles. The fourth-order valence-corrected chi connectivity index (χ4v) is 2.63. The minimum Gasteiger partial charge on any atom is -0.493 e. The first kappa shape index (κ1) is 16.4. The maximum absolute atomic E-state index is 12.2. The Morgan fingerprint density at radius 1 is 0.960 bits per heavy atom. The molecule has 0 aliphatic rings. The fourth-order valence-electron chi connectivity index (χ4n) is 2.63. The average Bonchev–Trinajstić information content (AvgIpc) is 2.93. The number of H-pyrrole nitrogens is 2. The molecule has 0 saturated carbocycles. The van der Waals surface area contributed by atoms with Crippen molar-refractivity contribution in [3.8, 4) is 11.5 Å². The van der Waals surface area contributed by atoms with Gasteiger partial charge in [0.05, 0.1) is 25.3 Å². The third-order valence-electron chi connectivity index (χ3n) is 3.70. The number of aromatic amines is 2. The van der Waals surface area contributed by atoms with Crippen LogP contribution in [0.3, 0.4) is 0 Å². The van der Waals surface area contributed by atoms with E-state index < -0.39 is 6.03 Å². The van der Waals surface area contributed by atoms with Crippen LogP contribution >= 0.6 is 0 Å². The summed E-state index contributed by atoms with van der Waals surface area (Å²) in [7, 11) is 3.10. The van der Waals surface area contributed by atoms with Crippen LogP contribution in [0.5, 0.6) is 11.5 Å². The van der Waals surface area contributed by atoms with Gasteiger partial charge >= 0.3 is 11.7 Å². The van der Waals surface area contributed by atoms with E-state index in [-0.39, 0.29) is 5.69 Å². The third kappa shape index (κ3) is 3.42. The van der Waals surface area contributed by atoms with Crippen molar-refractivity contribution < 1.29 is 14.3 Å². The molecule has 0 aliphatic carbocycles. The molecule has 0 bridgehead atoms. The number of amides is 2. The summed E-state index contributed by atoms with van der Waals surface area (Å²) in [5.74, 6) is 1.15. The number of nitrogens with one attached hydrogen (secondary N) is 4. The summed E-state index contributed by atoms with van der Waals surface area (Å²) in [6, 6.07) is 8.14. The summed E-state index contributed by atoms with van der Waals surface area (Å²) in [6.07, 6.45) is 0. The van der Waals surface area contributed by atoms with Crippen LogP contribution < -0.4 is 25.8 Å². The molecule has 0 aliphatic heterocycles. The second-order valence-electron chi connectivity index (χ2n) is 5.45. The first-order valence-corrected chi connectivity index (χ1v) is 7.53. The number of imidazole rings is 1. The smallest absolute Gasteiger partial charge is 0.323 e. The third-order valence-corrected chi connectivity index (χ3v) is 3.70. The maximum Gasteiger partial charge on any atom is 0.323 e. The molecule has 2 aromatic carbocycles. The number of anilines is 2. The second kappa shape index (κ2) is 6.60. The molecule has 25 heavy (non-hydrogen) atoms. The van der Waals surface area contributed by atoms with E-state index in [2.05, 4.69) is 20.6 Å². The lowest BCUT2D eigenvalue weighted by atomic mass is 10.2. The number of aromatic nitrogens is 2. The minimum absolute atomic E-state index is 0.294. The van der Waals surface area contributed by atoms with Crippen molar-refractivity contribution in [1.29, 1.82) is 0 Å². The number of carbonyl (C=O) groups excluding carboxylic acids is 1. The van der Waals surface area contributed by atoms with Gasteiger partial charge in [-0.05, 0) is 36.8 Å². The second-order valence-corrected chi connectivity index (χ2v) is 5.45. The van der Waals surface area contributed by atoms with Crippen LogP contribution in [0.25, 0.3) is 11.0 Å². The summed E-state index contributed by atoms with van der Waals surface area (Å²) in [5, 5.41) is 5.46. The molecule has 0 fully saturated rings. The SMILES string of the molecule is COc1cc(NC(=O)Nc2ccc3[nH]c(=O)[nH]c3c2)cc(C)c1OC. The molecule has 0 unspecified atom stereocenters. The van der Waals surface area contributed by atoms with E-state index in [9.17, 15) is 9.59 Å². The van der Waals surface area contributed by atoms with E-state index >= 15 is 0 Å². The molecule has 8 nitrogen and oxygen atoms in total. The van der Waals surface area contributed by atoms with Gasteiger partial charge in [-0.3, -0.25) is 0 Å². The maximum atomic E-state index is 12.2. The number of methoxy groups -OCH3 is 2. The summed E-state index contributed by atoms with van der Waals surface area (Å²) < 4.78 is 10.6. The monoisotopic (exact) mass is 342 g/mol. The van der Waals surface area contributed by atoms with Crippen LogP contribution in [0, 0.1) is 6.92 Å². The molecule has 4 N–H and O–H groups in total. The van der Waals surface area contributed by atoms with Crippen LogP contribution in [0.15, 0.2) is 35.1 Å². The van der Waals surface area contributed by atoms with Gasteiger partial charge in [0.1, 0.15) is 0 Å². The van der Waals surface area contributed by atoms with Crippen molar-refractivity contribution in [2.75, 3.05) is 24.9 Å². The highest BCUT2D eigenvalue weighted by Gasteiger charge is 2.11. The van der Waals surface area contributed by atoms with Crippen molar-refractivity contribution in [1.82, 2.24) is 9.97 Å². The minimum atomic E-state index is -0.413. The molecule has 3 aromatic rings. The van der Waals surface area contributed by atoms with Crippen LogP contribution in [0.4, 0.5) is 16.2 Å². The Bertz CT molecular complexity index is 990. The van der Waals surface area contributed by atoms with Crippen LogP contribution in [0.2, 0.25) is 0 Å². The number of benzene rings is 2. The van der Waals surface area contributed by atoms with Gasteiger partial charge in [-0.2, -0.15) is 0 Å². The van der Waals surface area contributed by atoms with E-state index in [0.717, 1.165) is 5.56 Å². The number of hydrogen-bond acceptors (Lipinski definition) is 4. The zero-order valence-corrected chi connectivity index (χ0v) is 14.0. The van der Waals surface area contributed by atoms with Gasteiger partial charge in [-0.1, -0.05) is 0 Å². The van der Waals surface area contributed by atoms with Crippen LogP contribution in [-0.2, 0) is 0 Å². The number of hydrogen-bond donors (Lipinski definition) is 4. The highest BCUT2D eigenvalue weighted by molar-refractivity contribution is 6.01. The normalized spacial score (nSPS) is 10.5.